The molecule has 1 N–H and O–H groups in total. The average Bonchev–Trinajstić information content (AvgIpc) is 3.20. The van der Waals surface area contributed by atoms with E-state index < -0.39 is 0 Å². The van der Waals surface area contributed by atoms with Gasteiger partial charge in [-0.05, 0) is 24.3 Å². The third kappa shape index (κ3) is 2.56. The molecule has 2 heterocycles. The van der Waals surface area contributed by atoms with Crippen LogP contribution in [0.2, 0.25) is 0 Å². The van der Waals surface area contributed by atoms with Gasteiger partial charge in [0.15, 0.2) is 5.13 Å². The van der Waals surface area contributed by atoms with E-state index in [0.717, 1.165) is 22.0 Å². The number of para-hydroxylation sites is 2. The van der Waals surface area contributed by atoms with E-state index in [1.807, 2.05) is 54.7 Å². The van der Waals surface area contributed by atoms with E-state index in [0.29, 0.717) is 6.54 Å². The number of fused-ring (bicyclic) bond motifs is 1. The van der Waals surface area contributed by atoms with Gasteiger partial charge in [-0.15, -0.1) is 5.10 Å². The van der Waals surface area contributed by atoms with Gasteiger partial charge in [-0.1, -0.05) is 46.9 Å². The minimum absolute atomic E-state index is 0.604. The van der Waals surface area contributed by atoms with Crippen LogP contribution in [-0.2, 0) is 6.54 Å². The zero-order chi connectivity index (χ0) is 14.8. The Balaban J connectivity index is 1.49. The Bertz CT molecular complexity index is 864. The number of anilines is 1. The molecule has 0 aliphatic heterocycles. The van der Waals surface area contributed by atoms with Crippen molar-refractivity contribution in [2.45, 2.75) is 6.54 Å². The predicted molar refractivity (Wildman–Crippen MR) is 88.3 cm³/mol. The van der Waals surface area contributed by atoms with E-state index >= 15 is 0 Å². The molecule has 0 saturated carbocycles. The fourth-order valence-electron chi connectivity index (χ4n) is 2.20. The number of aromatic nitrogens is 4. The van der Waals surface area contributed by atoms with Crippen molar-refractivity contribution in [3.8, 4) is 5.69 Å². The van der Waals surface area contributed by atoms with E-state index in [1.54, 1.807) is 16.0 Å². The molecule has 0 bridgehead atoms. The lowest BCUT2D eigenvalue weighted by Gasteiger charge is -1.98. The molecule has 0 fully saturated rings. The van der Waals surface area contributed by atoms with E-state index in [4.69, 9.17) is 0 Å². The van der Waals surface area contributed by atoms with Crippen molar-refractivity contribution in [3.63, 3.8) is 0 Å². The molecule has 5 nitrogen and oxygen atoms in total. The second kappa shape index (κ2) is 5.57. The van der Waals surface area contributed by atoms with Crippen molar-refractivity contribution < 1.29 is 0 Å². The Morgan fingerprint density at radius 1 is 1.00 bits per heavy atom. The van der Waals surface area contributed by atoms with Crippen molar-refractivity contribution in [2.75, 3.05) is 5.32 Å². The van der Waals surface area contributed by atoms with Crippen LogP contribution in [0.5, 0.6) is 0 Å². The van der Waals surface area contributed by atoms with Crippen molar-refractivity contribution in [1.82, 2.24) is 20.0 Å². The number of hydrogen-bond acceptors (Lipinski definition) is 5. The molecule has 0 amide bonds. The number of hydrogen-bond donors (Lipinski definition) is 1. The Morgan fingerprint density at radius 2 is 1.82 bits per heavy atom. The molecule has 2 aromatic heterocycles. The van der Waals surface area contributed by atoms with E-state index in [-0.39, 0.29) is 0 Å². The number of benzene rings is 2. The van der Waals surface area contributed by atoms with Crippen molar-refractivity contribution >= 4 is 26.7 Å². The smallest absolute Gasteiger partial charge is 0.184 e. The number of nitrogens with zero attached hydrogens (tertiary/aromatic N) is 4. The maximum Gasteiger partial charge on any atom is 0.184 e. The first-order valence-electron chi connectivity index (χ1n) is 6.94. The largest absolute Gasteiger partial charge is 0.356 e. The summed E-state index contributed by atoms with van der Waals surface area (Å²) in [6.45, 7) is 0.604. The molecule has 0 radical (unpaired) electrons. The highest BCUT2D eigenvalue weighted by molar-refractivity contribution is 7.22. The van der Waals surface area contributed by atoms with Crippen molar-refractivity contribution in [3.05, 3.63) is 66.5 Å². The number of thiazole rings is 1. The fraction of sp³-hybridized carbons (Fsp3) is 0.0625. The van der Waals surface area contributed by atoms with Crippen LogP contribution in [0.3, 0.4) is 0 Å². The molecule has 6 heteroatoms. The van der Waals surface area contributed by atoms with Gasteiger partial charge in [0.05, 0.1) is 28.6 Å². The van der Waals surface area contributed by atoms with Crippen molar-refractivity contribution in [2.24, 2.45) is 0 Å². The van der Waals surface area contributed by atoms with E-state index in [1.165, 1.54) is 4.70 Å². The molecule has 4 rings (SSSR count). The first kappa shape index (κ1) is 13.0. The Kier molecular flexibility index (Phi) is 3.29. The summed E-state index contributed by atoms with van der Waals surface area (Å²) in [5.74, 6) is 0. The van der Waals surface area contributed by atoms with Crippen LogP contribution >= 0.6 is 11.3 Å². The van der Waals surface area contributed by atoms with Gasteiger partial charge in [0, 0.05) is 0 Å². The Labute approximate surface area is 131 Å². The van der Waals surface area contributed by atoms with Gasteiger partial charge in [0.2, 0.25) is 0 Å². The first-order valence-corrected chi connectivity index (χ1v) is 7.76. The lowest BCUT2D eigenvalue weighted by Crippen LogP contribution is -1.99. The topological polar surface area (TPSA) is 55.6 Å². The zero-order valence-corrected chi connectivity index (χ0v) is 12.5. The van der Waals surface area contributed by atoms with Gasteiger partial charge >= 0.3 is 0 Å². The molecule has 0 saturated heterocycles. The maximum absolute atomic E-state index is 4.55. The van der Waals surface area contributed by atoms with Crippen LogP contribution in [0.15, 0.2) is 60.8 Å². The van der Waals surface area contributed by atoms with Crippen LogP contribution in [0.1, 0.15) is 5.69 Å². The van der Waals surface area contributed by atoms with Gasteiger partial charge in [-0.2, -0.15) is 0 Å². The molecule has 22 heavy (non-hydrogen) atoms. The summed E-state index contributed by atoms with van der Waals surface area (Å²) in [5, 5.41) is 12.5. The zero-order valence-electron chi connectivity index (χ0n) is 11.7. The van der Waals surface area contributed by atoms with E-state index in [9.17, 15) is 0 Å². The molecule has 2 aromatic carbocycles. The number of nitrogens with one attached hydrogen (secondary N) is 1. The van der Waals surface area contributed by atoms with Crippen LogP contribution in [0.25, 0.3) is 15.9 Å². The van der Waals surface area contributed by atoms with Gasteiger partial charge < -0.3 is 5.32 Å². The van der Waals surface area contributed by atoms with E-state index in [2.05, 4.69) is 26.7 Å². The molecule has 4 aromatic rings. The lowest BCUT2D eigenvalue weighted by molar-refractivity contribution is 0.798. The summed E-state index contributed by atoms with van der Waals surface area (Å²) in [4.78, 5) is 4.55. The SMILES string of the molecule is c1ccc(-n2cc(CNc3nc4ccccc4s3)nn2)cc1. The third-order valence-electron chi connectivity index (χ3n) is 3.28. The monoisotopic (exact) mass is 307 g/mol. The summed E-state index contributed by atoms with van der Waals surface area (Å²) < 4.78 is 2.95. The molecule has 0 aliphatic rings. The predicted octanol–water partition coefficient (Wildman–Crippen LogP) is 3.49. The molecule has 0 aliphatic carbocycles. The van der Waals surface area contributed by atoms with Crippen LogP contribution < -0.4 is 5.32 Å². The van der Waals surface area contributed by atoms with Crippen LogP contribution in [0, 0.1) is 0 Å². The standard InChI is InChI=1S/C16H13N5S/c1-2-6-13(7-3-1)21-11-12(19-20-21)10-17-16-18-14-8-4-5-9-15(14)22-16/h1-9,11H,10H2,(H,17,18). The minimum atomic E-state index is 0.604. The second-order valence-corrected chi connectivity index (χ2v) is 5.86. The summed E-state index contributed by atoms with van der Waals surface area (Å²) >= 11 is 1.64. The van der Waals surface area contributed by atoms with Gasteiger partial charge in [-0.25, -0.2) is 9.67 Å². The average molecular weight is 307 g/mol. The number of rotatable bonds is 4. The molecule has 108 valence electrons. The lowest BCUT2D eigenvalue weighted by atomic mass is 10.3. The highest BCUT2D eigenvalue weighted by atomic mass is 32.1. The molecule has 0 atom stereocenters. The van der Waals surface area contributed by atoms with Gasteiger partial charge in [-0.3, -0.25) is 0 Å². The first-order chi connectivity index (χ1) is 10.9. The maximum atomic E-state index is 4.55. The molecule has 0 spiro atoms. The van der Waals surface area contributed by atoms with Crippen LogP contribution in [0.4, 0.5) is 5.13 Å². The normalized spacial score (nSPS) is 10.9. The molecular weight excluding hydrogens is 294 g/mol. The Hall–Kier alpha value is -2.73. The molecular formula is C16H13N5S. The summed E-state index contributed by atoms with van der Waals surface area (Å²) in [5.41, 5.74) is 2.90. The van der Waals surface area contributed by atoms with Gasteiger partial charge in [0.1, 0.15) is 5.69 Å². The van der Waals surface area contributed by atoms with Gasteiger partial charge in [0.25, 0.3) is 0 Å². The fourth-order valence-corrected chi connectivity index (χ4v) is 3.06. The third-order valence-corrected chi connectivity index (χ3v) is 4.27. The minimum Gasteiger partial charge on any atom is -0.356 e. The highest BCUT2D eigenvalue weighted by Gasteiger charge is 2.05. The quantitative estimate of drug-likeness (QED) is 0.627. The van der Waals surface area contributed by atoms with Crippen LogP contribution in [-0.4, -0.2) is 20.0 Å². The molecule has 0 unspecified atom stereocenters. The highest BCUT2D eigenvalue weighted by Crippen LogP contribution is 2.25. The van der Waals surface area contributed by atoms with Crippen molar-refractivity contribution in [1.29, 1.82) is 0 Å². The summed E-state index contributed by atoms with van der Waals surface area (Å²) in [6, 6.07) is 18.1. The summed E-state index contributed by atoms with van der Waals surface area (Å²) in [7, 11) is 0. The second-order valence-electron chi connectivity index (χ2n) is 4.83. The summed E-state index contributed by atoms with van der Waals surface area (Å²) in [6.07, 6.45) is 1.93. The Morgan fingerprint density at radius 3 is 2.68 bits per heavy atom.